The van der Waals surface area contributed by atoms with E-state index >= 15 is 0 Å². The first-order valence-electron chi connectivity index (χ1n) is 7.94. The SMILES string of the molecule is CCNC(=NCC1(C(=O)N(C)C)CCCC1)NCCS(N)(=O)=O. The van der Waals surface area contributed by atoms with E-state index < -0.39 is 15.4 Å². The second-order valence-electron chi connectivity index (χ2n) is 6.18. The normalized spacial score (nSPS) is 17.8. The van der Waals surface area contributed by atoms with Gasteiger partial charge in [-0.3, -0.25) is 9.79 Å². The Morgan fingerprint density at radius 1 is 1.26 bits per heavy atom. The van der Waals surface area contributed by atoms with Crippen LogP contribution >= 0.6 is 0 Å². The lowest BCUT2D eigenvalue weighted by Crippen LogP contribution is -2.44. The van der Waals surface area contributed by atoms with Crippen molar-refractivity contribution in [3.05, 3.63) is 0 Å². The molecule has 0 unspecified atom stereocenters. The third-order valence-corrected chi connectivity index (χ3v) is 4.76. The van der Waals surface area contributed by atoms with E-state index in [1.165, 1.54) is 0 Å². The lowest BCUT2D eigenvalue weighted by molar-refractivity contribution is -0.138. The van der Waals surface area contributed by atoms with Crippen molar-refractivity contribution in [2.45, 2.75) is 32.6 Å². The lowest BCUT2D eigenvalue weighted by atomic mass is 9.85. The lowest BCUT2D eigenvalue weighted by Gasteiger charge is -2.29. The van der Waals surface area contributed by atoms with Gasteiger partial charge in [-0.05, 0) is 19.8 Å². The Labute approximate surface area is 138 Å². The summed E-state index contributed by atoms with van der Waals surface area (Å²) in [6.07, 6.45) is 3.74. The van der Waals surface area contributed by atoms with Crippen LogP contribution in [-0.2, 0) is 14.8 Å². The van der Waals surface area contributed by atoms with Crippen LogP contribution in [0.4, 0.5) is 0 Å². The Morgan fingerprint density at radius 3 is 2.35 bits per heavy atom. The number of nitrogens with zero attached hydrogens (tertiary/aromatic N) is 2. The second kappa shape index (κ2) is 8.49. The summed E-state index contributed by atoms with van der Waals surface area (Å²) in [6.45, 7) is 3.15. The summed E-state index contributed by atoms with van der Waals surface area (Å²) in [5, 5.41) is 11.0. The summed E-state index contributed by atoms with van der Waals surface area (Å²) in [4.78, 5) is 18.6. The van der Waals surface area contributed by atoms with Crippen molar-refractivity contribution in [2.24, 2.45) is 15.5 Å². The topological polar surface area (TPSA) is 117 Å². The molecule has 0 saturated heterocycles. The van der Waals surface area contributed by atoms with E-state index in [2.05, 4.69) is 15.6 Å². The van der Waals surface area contributed by atoms with E-state index in [-0.39, 0.29) is 18.2 Å². The van der Waals surface area contributed by atoms with Crippen LogP contribution in [0.5, 0.6) is 0 Å². The standard InChI is InChI=1S/C14H29N5O3S/c1-4-16-13(17-9-10-23(15,21)22)18-11-14(7-5-6-8-14)12(20)19(2)3/h4-11H2,1-3H3,(H2,15,21,22)(H2,16,17,18). The van der Waals surface area contributed by atoms with Crippen molar-refractivity contribution >= 4 is 21.9 Å². The molecule has 1 aliphatic carbocycles. The highest BCUT2D eigenvalue weighted by molar-refractivity contribution is 7.89. The van der Waals surface area contributed by atoms with E-state index in [4.69, 9.17) is 5.14 Å². The van der Waals surface area contributed by atoms with E-state index in [9.17, 15) is 13.2 Å². The Bertz CT molecular complexity index is 525. The van der Waals surface area contributed by atoms with E-state index in [1.54, 1.807) is 19.0 Å². The molecule has 1 fully saturated rings. The van der Waals surface area contributed by atoms with Crippen LogP contribution in [0.3, 0.4) is 0 Å². The molecule has 0 radical (unpaired) electrons. The number of guanidine groups is 1. The van der Waals surface area contributed by atoms with Gasteiger partial charge in [-0.2, -0.15) is 0 Å². The zero-order chi connectivity index (χ0) is 17.5. The molecule has 0 heterocycles. The monoisotopic (exact) mass is 347 g/mol. The Morgan fingerprint density at radius 2 is 1.87 bits per heavy atom. The van der Waals surface area contributed by atoms with Crippen molar-refractivity contribution in [3.63, 3.8) is 0 Å². The molecule has 4 N–H and O–H groups in total. The van der Waals surface area contributed by atoms with Gasteiger partial charge in [0.25, 0.3) is 0 Å². The van der Waals surface area contributed by atoms with Crippen LogP contribution in [0.2, 0.25) is 0 Å². The predicted octanol–water partition coefficient (Wildman–Crippen LogP) is -0.521. The zero-order valence-electron chi connectivity index (χ0n) is 14.3. The Hall–Kier alpha value is -1.35. The first-order chi connectivity index (χ1) is 10.7. The largest absolute Gasteiger partial charge is 0.357 e. The molecule has 8 nitrogen and oxygen atoms in total. The van der Waals surface area contributed by atoms with Crippen molar-refractivity contribution in [1.29, 1.82) is 0 Å². The number of carbonyl (C=O) groups excluding carboxylic acids is 1. The third kappa shape index (κ3) is 6.34. The van der Waals surface area contributed by atoms with Gasteiger partial charge in [0.2, 0.25) is 15.9 Å². The molecule has 1 aliphatic rings. The average Bonchev–Trinajstić information content (AvgIpc) is 2.92. The maximum absolute atomic E-state index is 12.5. The van der Waals surface area contributed by atoms with Crippen molar-refractivity contribution in [3.8, 4) is 0 Å². The third-order valence-electron chi connectivity index (χ3n) is 3.98. The zero-order valence-corrected chi connectivity index (χ0v) is 15.1. The van der Waals surface area contributed by atoms with Gasteiger partial charge in [-0.15, -0.1) is 0 Å². The van der Waals surface area contributed by atoms with Gasteiger partial charge in [-0.1, -0.05) is 12.8 Å². The number of carbonyl (C=O) groups is 1. The molecule has 1 saturated carbocycles. The smallest absolute Gasteiger partial charge is 0.230 e. The van der Waals surface area contributed by atoms with Gasteiger partial charge in [0, 0.05) is 27.2 Å². The summed E-state index contributed by atoms with van der Waals surface area (Å²) < 4.78 is 22.0. The molecule has 0 aromatic carbocycles. The van der Waals surface area contributed by atoms with Gasteiger partial charge >= 0.3 is 0 Å². The molecule has 0 aromatic rings. The number of nitrogens with one attached hydrogen (secondary N) is 2. The van der Waals surface area contributed by atoms with E-state index in [1.807, 2.05) is 6.92 Å². The number of nitrogens with two attached hydrogens (primary N) is 1. The molecule has 0 aliphatic heterocycles. The van der Waals surface area contributed by atoms with Crippen molar-refractivity contribution in [2.75, 3.05) is 39.5 Å². The fraction of sp³-hybridized carbons (Fsp3) is 0.857. The summed E-state index contributed by atoms with van der Waals surface area (Å²) in [5.74, 6) is 0.451. The van der Waals surface area contributed by atoms with Gasteiger partial charge < -0.3 is 15.5 Å². The van der Waals surface area contributed by atoms with Gasteiger partial charge in [0.1, 0.15) is 0 Å². The number of rotatable bonds is 7. The predicted molar refractivity (Wildman–Crippen MR) is 91.6 cm³/mol. The maximum atomic E-state index is 12.5. The quantitative estimate of drug-likeness (QED) is 0.423. The minimum Gasteiger partial charge on any atom is -0.357 e. The summed E-state index contributed by atoms with van der Waals surface area (Å²) >= 11 is 0. The average molecular weight is 347 g/mol. The highest BCUT2D eigenvalue weighted by Crippen LogP contribution is 2.39. The molecular formula is C14H29N5O3S. The fourth-order valence-corrected chi connectivity index (χ4v) is 3.24. The molecule has 23 heavy (non-hydrogen) atoms. The summed E-state index contributed by atoms with van der Waals surface area (Å²) in [7, 11) is 0.0230. The molecule has 0 spiro atoms. The van der Waals surface area contributed by atoms with Crippen LogP contribution in [0.1, 0.15) is 32.6 Å². The number of sulfonamides is 1. The Balaban J connectivity index is 2.75. The minimum atomic E-state index is -3.51. The molecule has 134 valence electrons. The molecule has 1 rings (SSSR count). The maximum Gasteiger partial charge on any atom is 0.230 e. The molecule has 9 heteroatoms. The van der Waals surface area contributed by atoms with Crippen molar-refractivity contribution in [1.82, 2.24) is 15.5 Å². The number of hydrogen-bond donors (Lipinski definition) is 3. The van der Waals surface area contributed by atoms with Crippen LogP contribution in [0.15, 0.2) is 4.99 Å². The molecule has 0 bridgehead atoms. The summed E-state index contributed by atoms with van der Waals surface area (Å²) in [5.41, 5.74) is -0.439. The number of amides is 1. The molecule has 0 aromatic heterocycles. The molecule has 0 atom stereocenters. The number of hydrogen-bond acceptors (Lipinski definition) is 4. The van der Waals surface area contributed by atoms with Gasteiger partial charge in [0.05, 0.1) is 17.7 Å². The second-order valence-corrected chi connectivity index (χ2v) is 7.91. The molecular weight excluding hydrogens is 318 g/mol. The van der Waals surface area contributed by atoms with E-state index in [0.717, 1.165) is 25.7 Å². The summed E-state index contributed by atoms with van der Waals surface area (Å²) in [6, 6.07) is 0. The Kier molecular flexibility index (Phi) is 7.27. The van der Waals surface area contributed by atoms with Gasteiger partial charge in [-0.25, -0.2) is 13.6 Å². The highest BCUT2D eigenvalue weighted by atomic mass is 32.2. The molecule has 1 amide bonds. The van der Waals surface area contributed by atoms with E-state index in [0.29, 0.717) is 19.0 Å². The fourth-order valence-electron chi connectivity index (χ4n) is 2.85. The first-order valence-corrected chi connectivity index (χ1v) is 9.66. The highest BCUT2D eigenvalue weighted by Gasteiger charge is 2.41. The first kappa shape index (κ1) is 19.7. The van der Waals surface area contributed by atoms with Gasteiger partial charge in [0.15, 0.2) is 5.96 Å². The van der Waals surface area contributed by atoms with Crippen LogP contribution in [-0.4, -0.2) is 64.7 Å². The van der Waals surface area contributed by atoms with Crippen LogP contribution < -0.4 is 15.8 Å². The number of aliphatic imine (C=N–C) groups is 1. The van der Waals surface area contributed by atoms with Crippen LogP contribution in [0, 0.1) is 5.41 Å². The number of primary sulfonamides is 1. The van der Waals surface area contributed by atoms with Crippen molar-refractivity contribution < 1.29 is 13.2 Å². The van der Waals surface area contributed by atoms with Crippen LogP contribution in [0.25, 0.3) is 0 Å². The minimum absolute atomic E-state index is 0.110.